The van der Waals surface area contributed by atoms with Gasteiger partial charge in [-0.3, -0.25) is 9.59 Å². The molecule has 6 N–H and O–H groups in total. The van der Waals surface area contributed by atoms with Crippen LogP contribution in [0.4, 0.5) is 0 Å². The van der Waals surface area contributed by atoms with Gasteiger partial charge in [-0.1, -0.05) is 30.3 Å². The maximum absolute atomic E-state index is 11.9. The van der Waals surface area contributed by atoms with Crippen LogP contribution in [0.5, 0.6) is 0 Å². The molecular weight excluding hydrogens is 306 g/mol. The summed E-state index contributed by atoms with van der Waals surface area (Å²) in [6, 6.07) is 7.87. The van der Waals surface area contributed by atoms with Crippen LogP contribution >= 0.6 is 0 Å². The molecule has 4 atom stereocenters. The summed E-state index contributed by atoms with van der Waals surface area (Å²) in [6.45, 7) is -1.67. The second kappa shape index (κ2) is 9.33. The number of esters is 1. The minimum absolute atomic E-state index is 0.172. The molecule has 0 amide bonds. The van der Waals surface area contributed by atoms with Crippen molar-refractivity contribution in [2.24, 2.45) is 5.73 Å². The third-order valence-electron chi connectivity index (χ3n) is 3.16. The highest BCUT2D eigenvalue weighted by atomic mass is 16.5. The lowest BCUT2D eigenvalue weighted by Gasteiger charge is -2.20. The first kappa shape index (κ1) is 17.5. The van der Waals surface area contributed by atoms with E-state index in [4.69, 9.17) is 16.4 Å². The van der Waals surface area contributed by atoms with Gasteiger partial charge in [0.2, 0.25) is 5.78 Å². The second-order valence-electron chi connectivity index (χ2n) is 5.00. The van der Waals surface area contributed by atoms with Crippen LogP contribution < -0.4 is 5.73 Å². The fourth-order valence-electron chi connectivity index (χ4n) is 1.77. The Hall–Kier alpha value is -1.84. The molecule has 0 spiro atoms. The summed E-state index contributed by atoms with van der Waals surface area (Å²) < 4.78 is 11.9. The number of ketones is 1. The highest BCUT2D eigenvalue weighted by Gasteiger charge is 2.30. The molecule has 0 heterocycles. The van der Waals surface area contributed by atoms with Gasteiger partial charge < -0.3 is 30.9 Å². The van der Waals surface area contributed by atoms with Gasteiger partial charge in [-0.15, -0.1) is 0 Å². The lowest BCUT2D eigenvalue weighted by Crippen LogP contribution is -2.45. The number of hydrogen-bond donors (Lipinski definition) is 5. The number of Topliss-reactive ketones (excluding diaryl/α,β-unsaturated/α-hetero) is 1. The highest BCUT2D eigenvalue weighted by Crippen LogP contribution is 2.05. The Morgan fingerprint density at radius 2 is 1.87 bits per heavy atom. The largest absolute Gasteiger partial charge is 0.456 e. The zero-order chi connectivity index (χ0) is 18.1. The number of rotatable bonds is 10. The molecule has 1 rings (SSSR count). The van der Waals surface area contributed by atoms with Crippen molar-refractivity contribution in [2.75, 3.05) is 13.2 Å². The van der Waals surface area contributed by atoms with Crippen molar-refractivity contribution in [1.29, 1.82) is 0 Å². The molecular formula is C15H21NO7. The molecule has 0 bridgehead atoms. The fourth-order valence-corrected chi connectivity index (χ4v) is 1.77. The van der Waals surface area contributed by atoms with E-state index in [0.717, 1.165) is 5.56 Å². The standard InChI is InChI=1S/C15H21NO7/c16-10(6-9-4-2-1-3-5-9)15(22)23-8-12(19)14(21)13(20)11(18)7-17/h1-5,10-11,13-14,17-18,20-21H,6-8,16H2/t10-,11+,13+,14+/m0/s1/i/hD. The lowest BCUT2D eigenvalue weighted by molar-refractivity contribution is -0.156. The molecule has 0 aliphatic carbocycles. The second-order valence-corrected chi connectivity index (χ2v) is 5.00. The molecule has 0 aromatic heterocycles. The fraction of sp³-hybridized carbons (Fsp3) is 0.467. The highest BCUT2D eigenvalue weighted by molar-refractivity contribution is 5.87. The van der Waals surface area contributed by atoms with Crippen LogP contribution in [0.3, 0.4) is 0 Å². The van der Waals surface area contributed by atoms with Crippen LogP contribution in [-0.4, -0.2) is 69.7 Å². The maximum atomic E-state index is 11.9. The van der Waals surface area contributed by atoms with E-state index in [0.29, 0.717) is 0 Å². The number of carbonyl (C=O) groups is 2. The number of nitrogens with two attached hydrogens (primary N) is 1. The molecule has 0 unspecified atom stereocenters. The van der Waals surface area contributed by atoms with Crippen LogP contribution in [0.25, 0.3) is 0 Å². The van der Waals surface area contributed by atoms with Gasteiger partial charge in [0.15, 0.2) is 6.61 Å². The average Bonchev–Trinajstić information content (AvgIpc) is 2.62. The van der Waals surface area contributed by atoms with Crippen molar-refractivity contribution in [1.82, 2.24) is 0 Å². The topological polar surface area (TPSA) is 150 Å². The van der Waals surface area contributed by atoms with Gasteiger partial charge in [0.1, 0.15) is 25.8 Å². The van der Waals surface area contributed by atoms with Gasteiger partial charge >= 0.3 is 5.97 Å². The van der Waals surface area contributed by atoms with E-state index in [-0.39, 0.29) is 6.42 Å². The predicted molar refractivity (Wildman–Crippen MR) is 79.2 cm³/mol. The molecule has 0 radical (unpaired) electrons. The first-order valence-corrected chi connectivity index (χ1v) is 6.96. The molecule has 1 aromatic carbocycles. The van der Waals surface area contributed by atoms with Crippen molar-refractivity contribution < 1.29 is 36.2 Å². The van der Waals surface area contributed by atoms with Gasteiger partial charge in [0, 0.05) is 0 Å². The van der Waals surface area contributed by atoms with Crippen LogP contribution in [0.15, 0.2) is 30.3 Å². The monoisotopic (exact) mass is 328 g/mol. The van der Waals surface area contributed by atoms with E-state index in [9.17, 15) is 19.8 Å². The van der Waals surface area contributed by atoms with Crippen molar-refractivity contribution in [3.05, 3.63) is 35.9 Å². The molecule has 0 saturated carbocycles. The number of hydrogen-bond acceptors (Lipinski definition) is 8. The van der Waals surface area contributed by atoms with Crippen molar-refractivity contribution in [2.45, 2.75) is 30.8 Å². The first-order chi connectivity index (χ1) is 11.4. The molecule has 128 valence electrons. The summed E-state index contributed by atoms with van der Waals surface area (Å²) in [4.78, 5) is 23.5. The summed E-state index contributed by atoms with van der Waals surface area (Å²) in [6.07, 6.45) is -5.42. The number of aliphatic hydroxyl groups is 4. The molecule has 0 aliphatic heterocycles. The normalized spacial score (nSPS) is 16.8. The molecule has 0 saturated heterocycles. The Bertz CT molecular complexity index is 528. The smallest absolute Gasteiger partial charge is 0.323 e. The van der Waals surface area contributed by atoms with Gasteiger partial charge in [-0.2, -0.15) is 0 Å². The van der Waals surface area contributed by atoms with E-state index in [1.54, 1.807) is 30.3 Å². The number of ether oxygens (including phenoxy) is 1. The molecule has 8 heteroatoms. The Balaban J connectivity index is 2.52. The summed E-state index contributed by atoms with van der Waals surface area (Å²) in [7, 11) is 0. The van der Waals surface area contributed by atoms with Crippen LogP contribution in [0.2, 0.25) is 1.41 Å². The number of aliphatic hydroxyl groups excluding tert-OH is 4. The van der Waals surface area contributed by atoms with Crippen molar-refractivity contribution in [3.8, 4) is 0 Å². The average molecular weight is 328 g/mol. The minimum Gasteiger partial charge on any atom is -0.456 e. The predicted octanol–water partition coefficient (Wildman–Crippen LogP) is -2.26. The van der Waals surface area contributed by atoms with Crippen LogP contribution in [0.1, 0.15) is 5.56 Å². The zero-order valence-electron chi connectivity index (χ0n) is 13.3. The van der Waals surface area contributed by atoms with E-state index in [2.05, 4.69) is 0 Å². The molecule has 0 fully saturated rings. The minimum atomic E-state index is -2.00. The lowest BCUT2D eigenvalue weighted by atomic mass is 10.1. The summed E-state index contributed by atoms with van der Waals surface area (Å²) in [5.74, 6) is -1.90. The Labute approximate surface area is 134 Å². The van der Waals surface area contributed by atoms with E-state index in [1.807, 2.05) is 5.73 Å². The van der Waals surface area contributed by atoms with E-state index >= 15 is 0 Å². The van der Waals surface area contributed by atoms with Crippen molar-refractivity contribution in [3.63, 3.8) is 0 Å². The molecule has 23 heavy (non-hydrogen) atoms. The zero-order valence-corrected chi connectivity index (χ0v) is 12.3. The van der Waals surface area contributed by atoms with E-state index < -0.39 is 49.3 Å². The van der Waals surface area contributed by atoms with Crippen LogP contribution in [0, 0.1) is 0 Å². The third-order valence-corrected chi connectivity index (χ3v) is 3.16. The first-order valence-electron chi connectivity index (χ1n) is 7.46. The molecule has 1 aromatic rings. The number of carbonyl (C=O) groups excluding carboxylic acids is 2. The van der Waals surface area contributed by atoms with E-state index in [1.165, 1.54) is 0 Å². The summed E-state index contributed by atoms with van der Waals surface area (Å²) >= 11 is 0. The van der Waals surface area contributed by atoms with Crippen molar-refractivity contribution >= 4 is 11.8 Å². The summed E-state index contributed by atoms with van der Waals surface area (Å²) in [5, 5.41) is 36.7. The van der Waals surface area contributed by atoms with Gasteiger partial charge in [0.25, 0.3) is 0 Å². The molecule has 0 aliphatic rings. The van der Waals surface area contributed by atoms with Crippen LogP contribution in [-0.2, 0) is 20.7 Å². The SMILES string of the molecule is [2H]N[C@@H](Cc1ccccc1)C(=O)OCC(=O)[C@@H](O)[C@H](O)[C@H](O)CO. The Kier molecular flexibility index (Phi) is 7.11. The van der Waals surface area contributed by atoms with Gasteiger partial charge in [-0.25, -0.2) is 0 Å². The quantitative estimate of drug-likeness (QED) is 0.302. The third kappa shape index (κ3) is 6.05. The molecule has 8 nitrogen and oxygen atoms in total. The Morgan fingerprint density at radius 1 is 1.22 bits per heavy atom. The maximum Gasteiger partial charge on any atom is 0.323 e. The number of benzene rings is 1. The van der Waals surface area contributed by atoms with Gasteiger partial charge in [-0.05, 0) is 12.0 Å². The van der Waals surface area contributed by atoms with Gasteiger partial charge in [0.05, 0.1) is 6.61 Å². The Morgan fingerprint density at radius 3 is 2.43 bits per heavy atom. The summed E-state index contributed by atoms with van der Waals surface area (Å²) in [5.41, 5.74) is 2.82.